The van der Waals surface area contributed by atoms with Crippen LogP contribution in [0.1, 0.15) is 52.5 Å². The largest absolute Gasteiger partial charge is 0.350 e. The van der Waals surface area contributed by atoms with Gasteiger partial charge in [-0.1, -0.05) is 40.2 Å². The molecule has 0 unspecified atom stereocenters. The molecule has 0 saturated carbocycles. The van der Waals surface area contributed by atoms with E-state index in [0.29, 0.717) is 12.8 Å². The van der Waals surface area contributed by atoms with Crippen molar-refractivity contribution >= 4 is 39.6 Å². The van der Waals surface area contributed by atoms with Crippen molar-refractivity contribution in [2.24, 2.45) is 11.8 Å². The first-order valence-corrected chi connectivity index (χ1v) is 12.1. The molecular weight excluding hydrogens is 486 g/mol. The predicted molar refractivity (Wildman–Crippen MR) is 129 cm³/mol. The summed E-state index contributed by atoms with van der Waals surface area (Å²) in [5.41, 5.74) is 0.438. The van der Waals surface area contributed by atoms with E-state index in [-0.39, 0.29) is 55.0 Å². The highest BCUT2D eigenvalue weighted by atomic mass is 79.9. The fraction of sp³-hybridized carbons (Fsp3) is 0.520. The Kier molecular flexibility index (Phi) is 7.77. The van der Waals surface area contributed by atoms with Gasteiger partial charge in [-0.15, -0.1) is 0 Å². The highest BCUT2D eigenvalue weighted by molar-refractivity contribution is 9.10. The van der Waals surface area contributed by atoms with E-state index in [1.165, 1.54) is 9.80 Å². The average Bonchev–Trinajstić information content (AvgIpc) is 2.99. The molecule has 2 aliphatic rings. The number of fused-ring (bicyclic) bond motifs is 1. The third kappa shape index (κ3) is 6.10. The first kappa shape index (κ1) is 25.1. The van der Waals surface area contributed by atoms with Gasteiger partial charge in [0.2, 0.25) is 23.6 Å². The van der Waals surface area contributed by atoms with Crippen LogP contribution in [0, 0.1) is 11.8 Å². The van der Waals surface area contributed by atoms with Gasteiger partial charge in [0.1, 0.15) is 6.04 Å². The van der Waals surface area contributed by atoms with Crippen LogP contribution in [-0.4, -0.2) is 51.6 Å². The van der Waals surface area contributed by atoms with E-state index in [1.807, 2.05) is 57.2 Å². The zero-order chi connectivity index (χ0) is 24.3. The molecule has 33 heavy (non-hydrogen) atoms. The van der Waals surface area contributed by atoms with Crippen LogP contribution in [0.15, 0.2) is 40.9 Å². The minimum absolute atomic E-state index is 0.0223. The van der Waals surface area contributed by atoms with Gasteiger partial charge in [0, 0.05) is 29.5 Å². The number of rotatable bonds is 7. The number of nitrogens with zero attached hydrogens (tertiary/aromatic N) is 2. The van der Waals surface area contributed by atoms with Crippen LogP contribution in [0.3, 0.4) is 0 Å². The molecule has 0 radical (unpaired) electrons. The van der Waals surface area contributed by atoms with Gasteiger partial charge in [0.05, 0.1) is 11.8 Å². The average molecular weight is 518 g/mol. The zero-order valence-corrected chi connectivity index (χ0v) is 21.2. The lowest BCUT2D eigenvalue weighted by Crippen LogP contribution is -2.52. The number of allylic oxidation sites excluding steroid dienone is 2. The Morgan fingerprint density at radius 3 is 2.30 bits per heavy atom. The smallest absolute Gasteiger partial charge is 0.242 e. The van der Waals surface area contributed by atoms with Crippen LogP contribution < -0.4 is 5.32 Å². The second-order valence-corrected chi connectivity index (χ2v) is 10.7. The lowest BCUT2D eigenvalue weighted by atomic mass is 9.85. The van der Waals surface area contributed by atoms with Crippen LogP contribution in [0.2, 0.25) is 0 Å². The van der Waals surface area contributed by atoms with Crippen molar-refractivity contribution in [1.82, 2.24) is 15.1 Å². The molecule has 1 fully saturated rings. The van der Waals surface area contributed by atoms with Gasteiger partial charge in [-0.2, -0.15) is 0 Å². The molecule has 1 aromatic rings. The summed E-state index contributed by atoms with van der Waals surface area (Å²) < 4.78 is 0.878. The summed E-state index contributed by atoms with van der Waals surface area (Å²) in [6, 6.07) is 6.85. The number of carbonyl (C=O) groups is 4. The molecule has 8 heteroatoms. The van der Waals surface area contributed by atoms with Gasteiger partial charge in [-0.3, -0.25) is 24.1 Å². The normalized spacial score (nSPS) is 21.1. The lowest BCUT2D eigenvalue weighted by molar-refractivity contribution is -0.144. The van der Waals surface area contributed by atoms with E-state index in [9.17, 15) is 19.2 Å². The van der Waals surface area contributed by atoms with E-state index >= 15 is 0 Å². The van der Waals surface area contributed by atoms with Crippen LogP contribution in [0.25, 0.3) is 0 Å². The van der Waals surface area contributed by atoms with Crippen molar-refractivity contribution in [1.29, 1.82) is 0 Å². The molecule has 3 rings (SSSR count). The third-order valence-corrected chi connectivity index (χ3v) is 6.55. The quantitative estimate of drug-likeness (QED) is 0.443. The predicted octanol–water partition coefficient (Wildman–Crippen LogP) is 3.42. The number of likely N-dealkylation sites (tertiary alicyclic amines) is 1. The summed E-state index contributed by atoms with van der Waals surface area (Å²) in [6.07, 6.45) is 5.00. The number of benzene rings is 1. The van der Waals surface area contributed by atoms with Crippen molar-refractivity contribution < 1.29 is 19.2 Å². The van der Waals surface area contributed by atoms with Crippen molar-refractivity contribution in [2.75, 3.05) is 6.54 Å². The molecule has 0 bridgehead atoms. The number of nitrogens with one attached hydrogen (secondary N) is 1. The molecule has 1 aliphatic carbocycles. The minimum Gasteiger partial charge on any atom is -0.350 e. The van der Waals surface area contributed by atoms with Crippen LogP contribution in [0.5, 0.6) is 0 Å². The fourth-order valence-electron chi connectivity index (χ4n) is 4.33. The number of halogens is 1. The number of hydrogen-bond donors (Lipinski definition) is 1. The molecule has 1 aliphatic heterocycles. The van der Waals surface area contributed by atoms with Gasteiger partial charge in [0.25, 0.3) is 0 Å². The molecule has 0 aromatic heterocycles. The fourth-order valence-corrected chi connectivity index (χ4v) is 4.78. The second kappa shape index (κ2) is 10.2. The van der Waals surface area contributed by atoms with Crippen molar-refractivity contribution in [3.63, 3.8) is 0 Å². The molecule has 178 valence electrons. The van der Waals surface area contributed by atoms with Crippen LogP contribution >= 0.6 is 15.9 Å². The first-order valence-electron chi connectivity index (χ1n) is 11.3. The molecule has 7 nitrogen and oxygen atoms in total. The highest BCUT2D eigenvalue weighted by Gasteiger charge is 2.47. The zero-order valence-electron chi connectivity index (χ0n) is 19.6. The summed E-state index contributed by atoms with van der Waals surface area (Å²) in [5.74, 6) is -1.55. The van der Waals surface area contributed by atoms with E-state index in [4.69, 9.17) is 0 Å². The Balaban J connectivity index is 1.73. The SMILES string of the molecule is C[C@@H](C(=O)NC(C)(C)C)N(Cc1cccc(Br)c1)C(=O)CCN1C(=O)[C@H]2CC=CC[C@H]2C1=O. The van der Waals surface area contributed by atoms with Crippen LogP contribution in [-0.2, 0) is 25.7 Å². The maximum absolute atomic E-state index is 13.3. The molecule has 1 saturated heterocycles. The third-order valence-electron chi connectivity index (χ3n) is 6.06. The Bertz CT molecular complexity index is 943. The Morgan fingerprint density at radius 1 is 1.15 bits per heavy atom. The molecule has 0 spiro atoms. The molecule has 1 N–H and O–H groups in total. The highest BCUT2D eigenvalue weighted by Crippen LogP contribution is 2.35. The van der Waals surface area contributed by atoms with Gasteiger partial charge in [-0.05, 0) is 58.2 Å². The molecule has 3 atom stereocenters. The number of hydrogen-bond acceptors (Lipinski definition) is 4. The topological polar surface area (TPSA) is 86.8 Å². The summed E-state index contributed by atoms with van der Waals surface area (Å²) >= 11 is 3.44. The Labute approximate surface area is 203 Å². The number of imide groups is 1. The molecule has 4 amide bonds. The van der Waals surface area contributed by atoms with Crippen molar-refractivity contribution in [3.05, 3.63) is 46.5 Å². The maximum Gasteiger partial charge on any atom is 0.242 e. The minimum atomic E-state index is -0.715. The maximum atomic E-state index is 13.3. The van der Waals surface area contributed by atoms with Gasteiger partial charge in [-0.25, -0.2) is 0 Å². The number of carbonyl (C=O) groups excluding carboxylic acids is 4. The summed E-state index contributed by atoms with van der Waals surface area (Å²) in [6.45, 7) is 7.63. The first-order chi connectivity index (χ1) is 15.5. The van der Waals surface area contributed by atoms with Crippen molar-refractivity contribution in [3.8, 4) is 0 Å². The molecule has 1 aromatic carbocycles. The molecular formula is C25H32BrN3O4. The summed E-state index contributed by atoms with van der Waals surface area (Å²) in [4.78, 5) is 54.4. The molecule has 1 heterocycles. The van der Waals surface area contributed by atoms with E-state index in [1.54, 1.807) is 6.92 Å². The summed E-state index contributed by atoms with van der Waals surface area (Å²) in [5, 5.41) is 2.93. The Hall–Kier alpha value is -2.48. The van der Waals surface area contributed by atoms with Crippen molar-refractivity contribution in [2.45, 2.75) is 65.1 Å². The van der Waals surface area contributed by atoms with E-state index in [0.717, 1.165) is 10.0 Å². The van der Waals surface area contributed by atoms with Gasteiger partial charge >= 0.3 is 0 Å². The monoisotopic (exact) mass is 517 g/mol. The second-order valence-electron chi connectivity index (χ2n) is 9.80. The van der Waals surface area contributed by atoms with Gasteiger partial charge in [0.15, 0.2) is 0 Å². The lowest BCUT2D eigenvalue weighted by Gasteiger charge is -2.32. The van der Waals surface area contributed by atoms with E-state index < -0.39 is 11.6 Å². The van der Waals surface area contributed by atoms with E-state index in [2.05, 4.69) is 21.2 Å². The van der Waals surface area contributed by atoms with Gasteiger partial charge < -0.3 is 10.2 Å². The standard InChI is InChI=1S/C25H32BrN3O4/c1-16(22(31)27-25(2,3)4)29(15-17-8-7-9-18(26)14-17)21(30)12-13-28-23(32)19-10-5-6-11-20(19)24(28)33/h5-9,14,16,19-20H,10-13,15H2,1-4H3,(H,27,31)/t16-,19-,20+/m0/s1. The Morgan fingerprint density at radius 2 is 1.76 bits per heavy atom. The summed E-state index contributed by atoms with van der Waals surface area (Å²) in [7, 11) is 0. The van der Waals surface area contributed by atoms with Crippen LogP contribution in [0.4, 0.5) is 0 Å². The number of amides is 4.